The first kappa shape index (κ1) is 35.1. The predicted molar refractivity (Wildman–Crippen MR) is 143 cm³/mol. The first-order chi connectivity index (χ1) is 19.9. The molecule has 1 aromatic carbocycles. The van der Waals surface area contributed by atoms with Gasteiger partial charge >= 0.3 is 35.1 Å². The van der Waals surface area contributed by atoms with Gasteiger partial charge in [-0.1, -0.05) is 30.3 Å². The molecule has 0 amide bonds. The summed E-state index contributed by atoms with van der Waals surface area (Å²) in [5.41, 5.74) is 5.28. The Labute approximate surface area is 242 Å². The minimum atomic E-state index is -5.74. The summed E-state index contributed by atoms with van der Waals surface area (Å²) in [7, 11) is -16.8. The highest BCUT2D eigenvalue weighted by atomic mass is 31.3. The number of carbonyl (C=O) groups is 1. The molecule has 0 spiro atoms. The summed E-state index contributed by atoms with van der Waals surface area (Å²) in [6.45, 7) is -0.980. The molecule has 0 saturated carbocycles. The van der Waals surface area contributed by atoms with E-state index in [-0.39, 0.29) is 37.9 Å². The van der Waals surface area contributed by atoms with Gasteiger partial charge in [-0.05, 0) is 18.4 Å². The number of nitrogens with zero attached hydrogens (tertiary/aromatic N) is 1. The average molecular weight is 673 g/mol. The van der Waals surface area contributed by atoms with Crippen LogP contribution in [-0.4, -0.2) is 65.6 Å². The highest BCUT2D eigenvalue weighted by Gasteiger charge is 2.43. The summed E-state index contributed by atoms with van der Waals surface area (Å²) in [5.74, 6) is -0.536. The number of carbonyl (C=O) groups excluding carboxylic acids is 1. The van der Waals surface area contributed by atoms with E-state index >= 15 is 0 Å². The molecular formula is C21H30N3O16P3. The zero-order chi connectivity index (χ0) is 32.0. The molecule has 0 radical (unpaired) electrons. The van der Waals surface area contributed by atoms with Gasteiger partial charge in [-0.25, -0.2) is 18.5 Å². The van der Waals surface area contributed by atoms with Crippen molar-refractivity contribution in [2.75, 3.05) is 13.2 Å². The lowest BCUT2D eigenvalue weighted by Gasteiger charge is -2.19. The van der Waals surface area contributed by atoms with E-state index in [1.165, 1.54) is 6.20 Å². The number of H-pyrrole nitrogens is 1. The number of phosphoric ester groups is 1. The maximum atomic E-state index is 12.4. The zero-order valence-corrected chi connectivity index (χ0v) is 24.8. The lowest BCUT2D eigenvalue weighted by atomic mass is 10.1. The molecule has 1 saturated heterocycles. The van der Waals surface area contributed by atoms with Crippen molar-refractivity contribution in [2.45, 2.75) is 50.2 Å². The normalized spacial score (nSPS) is 22.4. The Morgan fingerprint density at radius 3 is 2.42 bits per heavy atom. The van der Waals surface area contributed by atoms with E-state index in [1.807, 2.05) is 6.07 Å². The van der Waals surface area contributed by atoms with Crippen molar-refractivity contribution in [3.63, 3.8) is 0 Å². The summed E-state index contributed by atoms with van der Waals surface area (Å²) >= 11 is 0. The molecule has 2 heterocycles. The maximum Gasteiger partial charge on any atom is 0.490 e. The molecule has 0 bridgehead atoms. The topological polar surface area (TPSA) is 296 Å². The number of nitrogens with one attached hydrogen (secondary N) is 1. The van der Waals surface area contributed by atoms with Crippen molar-refractivity contribution in [1.82, 2.24) is 9.55 Å². The van der Waals surface area contributed by atoms with Gasteiger partial charge in [0, 0.05) is 24.2 Å². The van der Waals surface area contributed by atoms with Gasteiger partial charge in [0.25, 0.3) is 5.56 Å². The Morgan fingerprint density at radius 2 is 1.77 bits per heavy atom. The number of aliphatic hydroxyl groups excluding tert-OH is 1. The predicted octanol–water partition coefficient (Wildman–Crippen LogP) is 0.0942. The number of esters is 1. The summed E-state index contributed by atoms with van der Waals surface area (Å²) in [4.78, 5) is 74.9. The van der Waals surface area contributed by atoms with E-state index in [2.05, 4.69) is 18.1 Å². The molecule has 6 unspecified atom stereocenters. The van der Waals surface area contributed by atoms with Gasteiger partial charge in [-0.15, -0.1) is 0 Å². The van der Waals surface area contributed by atoms with Crippen LogP contribution in [0.4, 0.5) is 0 Å². The molecule has 1 aliphatic rings. The van der Waals surface area contributed by atoms with Crippen molar-refractivity contribution in [1.29, 1.82) is 0 Å². The number of aromatic amines is 1. The van der Waals surface area contributed by atoms with Crippen LogP contribution in [0.3, 0.4) is 0 Å². The number of aryl methyl sites for hydroxylation is 1. The summed E-state index contributed by atoms with van der Waals surface area (Å²) in [6.07, 6.45) is -2.82. The van der Waals surface area contributed by atoms with Crippen LogP contribution in [0.1, 0.15) is 42.7 Å². The van der Waals surface area contributed by atoms with Crippen LogP contribution in [0.25, 0.3) is 0 Å². The van der Waals surface area contributed by atoms with E-state index in [0.29, 0.717) is 0 Å². The Bertz CT molecular complexity index is 1530. The molecule has 43 heavy (non-hydrogen) atoms. The third-order valence-corrected chi connectivity index (χ3v) is 9.64. The van der Waals surface area contributed by atoms with E-state index in [9.17, 15) is 43.0 Å². The fourth-order valence-electron chi connectivity index (χ4n) is 3.93. The smallest absolute Gasteiger partial charge is 0.466 e. The molecule has 0 aliphatic carbocycles. The van der Waals surface area contributed by atoms with E-state index < -0.39 is 71.8 Å². The Kier molecular flexibility index (Phi) is 12.0. The van der Waals surface area contributed by atoms with Crippen LogP contribution in [0.15, 0.2) is 46.1 Å². The lowest BCUT2D eigenvalue weighted by molar-refractivity contribution is -0.144. The quantitative estimate of drug-likeness (QED) is 0.0749. The van der Waals surface area contributed by atoms with Gasteiger partial charge in [-0.3, -0.25) is 23.7 Å². The van der Waals surface area contributed by atoms with Gasteiger partial charge in [0.05, 0.1) is 25.7 Å². The van der Waals surface area contributed by atoms with Crippen molar-refractivity contribution in [3.05, 3.63) is 68.5 Å². The van der Waals surface area contributed by atoms with Crippen molar-refractivity contribution < 1.29 is 65.8 Å². The third kappa shape index (κ3) is 11.3. The molecule has 8 N–H and O–H groups in total. The summed E-state index contributed by atoms with van der Waals surface area (Å²) in [6, 6.07) is 8.41. The monoisotopic (exact) mass is 673 g/mol. The highest BCUT2D eigenvalue weighted by molar-refractivity contribution is 7.66. The van der Waals surface area contributed by atoms with Crippen molar-refractivity contribution in [2.24, 2.45) is 5.73 Å². The number of aliphatic hydroxyl groups is 1. The number of nitrogens with two attached hydrogens (primary N) is 1. The van der Waals surface area contributed by atoms with Crippen LogP contribution >= 0.6 is 23.5 Å². The maximum absolute atomic E-state index is 12.4. The minimum Gasteiger partial charge on any atom is -0.466 e. The molecule has 1 fully saturated rings. The molecule has 1 aliphatic heterocycles. The standard InChI is InChI=1S/C21H30N3O16P3/c22-15(13-5-2-1-3-6-13)9-19(26)36-8-4-7-14-11-24(21(28)23-20(14)27)18-10-16(25)17(38-18)12-37-42(32,33)40-43(34,35)39-41(29,30)31/h1-3,5-6,11,15-18,25H,4,7-10,12,22H2,(H,32,33)(H,34,35)(H,23,27,28)(H2,29,30,31). The minimum absolute atomic E-state index is 0.0414. The van der Waals surface area contributed by atoms with E-state index in [1.54, 1.807) is 24.3 Å². The second kappa shape index (κ2) is 14.6. The Morgan fingerprint density at radius 1 is 1.09 bits per heavy atom. The highest BCUT2D eigenvalue weighted by Crippen LogP contribution is 2.66. The molecule has 1 aromatic heterocycles. The van der Waals surface area contributed by atoms with Crippen molar-refractivity contribution in [3.8, 4) is 0 Å². The zero-order valence-electron chi connectivity index (χ0n) is 22.1. The molecular weight excluding hydrogens is 643 g/mol. The molecule has 2 aromatic rings. The number of ether oxygens (including phenoxy) is 2. The number of hydrogen-bond acceptors (Lipinski definition) is 13. The summed E-state index contributed by atoms with van der Waals surface area (Å²) in [5, 5.41) is 10.3. The van der Waals surface area contributed by atoms with Gasteiger partial charge in [0.1, 0.15) is 12.3 Å². The van der Waals surface area contributed by atoms with E-state index in [4.69, 9.17) is 25.0 Å². The second-order valence-electron chi connectivity index (χ2n) is 9.19. The number of phosphoric acid groups is 3. The van der Waals surface area contributed by atoms with E-state index in [0.717, 1.165) is 10.1 Å². The third-order valence-electron chi connectivity index (χ3n) is 5.84. The molecule has 19 nitrogen and oxygen atoms in total. The second-order valence-corrected chi connectivity index (χ2v) is 13.6. The largest absolute Gasteiger partial charge is 0.490 e. The average Bonchev–Trinajstić information content (AvgIpc) is 3.24. The number of benzene rings is 1. The number of hydrogen-bond donors (Lipinski definition) is 7. The first-order valence-electron chi connectivity index (χ1n) is 12.4. The number of aromatic nitrogens is 2. The van der Waals surface area contributed by atoms with Crippen LogP contribution in [0.5, 0.6) is 0 Å². The molecule has 6 atom stereocenters. The van der Waals surface area contributed by atoms with Crippen LogP contribution in [0.2, 0.25) is 0 Å². The fraction of sp³-hybridized carbons (Fsp3) is 0.476. The molecule has 3 rings (SSSR count). The van der Waals surface area contributed by atoms with Crippen molar-refractivity contribution >= 4 is 29.4 Å². The summed E-state index contributed by atoms with van der Waals surface area (Å²) < 4.78 is 57.4. The van der Waals surface area contributed by atoms with Gasteiger partial charge in [-0.2, -0.15) is 8.62 Å². The van der Waals surface area contributed by atoms with Crippen LogP contribution < -0.4 is 17.0 Å². The Hall–Kier alpha value is -2.34. The lowest BCUT2D eigenvalue weighted by Crippen LogP contribution is -2.34. The molecule has 240 valence electrons. The molecule has 22 heteroatoms. The number of rotatable bonds is 15. The SMILES string of the molecule is NC(CC(=O)OCCCc1cn(C2CC(O)C(COP(=O)(O)OP(=O)(O)OP(=O)(O)O)O2)c(=O)[nH]c1=O)c1ccccc1. The first-order valence-corrected chi connectivity index (χ1v) is 16.9. The Balaban J connectivity index is 1.53. The van der Waals surface area contributed by atoms with Gasteiger partial charge in [0.15, 0.2) is 0 Å². The van der Waals surface area contributed by atoms with Crippen LogP contribution in [0, 0.1) is 0 Å². The van der Waals surface area contributed by atoms with Gasteiger partial charge < -0.3 is 39.9 Å². The fourth-order valence-corrected chi connectivity index (χ4v) is 6.96. The van der Waals surface area contributed by atoms with Crippen LogP contribution in [-0.2, 0) is 47.5 Å². The van der Waals surface area contributed by atoms with Gasteiger partial charge in [0.2, 0.25) is 0 Å².